The summed E-state index contributed by atoms with van der Waals surface area (Å²) < 4.78 is 5.30. The topological polar surface area (TPSA) is 126 Å². The molecule has 1 fully saturated rings. The molecule has 184 valence electrons. The van der Waals surface area contributed by atoms with E-state index in [2.05, 4.69) is 15.5 Å². The number of hydrogen-bond donors (Lipinski definition) is 2. The van der Waals surface area contributed by atoms with Gasteiger partial charge in [0.05, 0.1) is 21.8 Å². The number of imide groups is 1. The number of aliphatic hydroxyl groups excluding tert-OH is 1. The summed E-state index contributed by atoms with van der Waals surface area (Å²) in [6, 6.07) is 8.29. The molecule has 3 amide bonds. The summed E-state index contributed by atoms with van der Waals surface area (Å²) in [5.41, 5.74) is 5.28. The number of carbonyl (C=O) groups is 3. The van der Waals surface area contributed by atoms with E-state index in [9.17, 15) is 19.5 Å². The van der Waals surface area contributed by atoms with Gasteiger partial charge in [-0.25, -0.2) is 4.98 Å². The van der Waals surface area contributed by atoms with Crippen molar-refractivity contribution < 1.29 is 24.0 Å². The Morgan fingerprint density at radius 3 is 2.54 bits per heavy atom. The molecule has 1 aliphatic rings. The van der Waals surface area contributed by atoms with Crippen molar-refractivity contribution in [1.82, 2.24) is 20.4 Å². The predicted molar refractivity (Wildman–Crippen MR) is 129 cm³/mol. The van der Waals surface area contributed by atoms with Crippen molar-refractivity contribution in [3.8, 4) is 10.4 Å². The third-order valence-corrected chi connectivity index (χ3v) is 7.11. The molecule has 3 aromatic rings. The molecule has 0 radical (unpaired) electrons. The molecule has 0 bridgehead atoms. The SMILES string of the molecule is Cc1cc([C@H](C(=O)N2C(=O)[C@H](O)C[C@H]2C(=O)NCc2ccc(-c3scnc3C)cc2)C(C)C)on1. The van der Waals surface area contributed by atoms with Crippen LogP contribution in [0.3, 0.4) is 0 Å². The molecular weight excluding hydrogens is 468 g/mol. The largest absolute Gasteiger partial charge is 0.383 e. The Morgan fingerprint density at radius 1 is 1.26 bits per heavy atom. The highest BCUT2D eigenvalue weighted by molar-refractivity contribution is 7.13. The van der Waals surface area contributed by atoms with E-state index in [4.69, 9.17) is 4.52 Å². The van der Waals surface area contributed by atoms with E-state index in [1.165, 1.54) is 0 Å². The van der Waals surface area contributed by atoms with E-state index in [0.29, 0.717) is 11.5 Å². The second kappa shape index (κ2) is 10.1. The number of thiazole rings is 1. The van der Waals surface area contributed by atoms with Crippen LogP contribution in [0.4, 0.5) is 0 Å². The highest BCUT2D eigenvalue weighted by Crippen LogP contribution is 2.32. The van der Waals surface area contributed by atoms with E-state index in [-0.39, 0.29) is 18.9 Å². The van der Waals surface area contributed by atoms with Crippen LogP contribution in [0, 0.1) is 19.8 Å². The van der Waals surface area contributed by atoms with Gasteiger partial charge in [0.2, 0.25) is 11.8 Å². The van der Waals surface area contributed by atoms with Crippen LogP contribution in [-0.2, 0) is 20.9 Å². The number of nitrogens with zero attached hydrogens (tertiary/aromatic N) is 3. The third kappa shape index (κ3) is 5.03. The monoisotopic (exact) mass is 496 g/mol. The van der Waals surface area contributed by atoms with Gasteiger partial charge in [0.1, 0.15) is 23.8 Å². The van der Waals surface area contributed by atoms with E-state index >= 15 is 0 Å². The number of benzene rings is 1. The first-order chi connectivity index (χ1) is 16.7. The molecule has 3 heterocycles. The minimum absolute atomic E-state index is 0.153. The molecule has 2 N–H and O–H groups in total. The lowest BCUT2D eigenvalue weighted by atomic mass is 9.91. The molecule has 35 heavy (non-hydrogen) atoms. The number of aliphatic hydroxyl groups is 1. The molecule has 0 aliphatic carbocycles. The minimum Gasteiger partial charge on any atom is -0.383 e. The number of amides is 3. The van der Waals surface area contributed by atoms with Gasteiger partial charge in [-0.2, -0.15) is 0 Å². The summed E-state index contributed by atoms with van der Waals surface area (Å²) in [6.45, 7) is 7.56. The molecule has 1 aromatic carbocycles. The third-order valence-electron chi connectivity index (χ3n) is 6.13. The second-order valence-electron chi connectivity index (χ2n) is 9.09. The Hall–Kier alpha value is -3.37. The van der Waals surface area contributed by atoms with Crippen LogP contribution < -0.4 is 5.32 Å². The fourth-order valence-corrected chi connectivity index (χ4v) is 5.10. The zero-order valence-corrected chi connectivity index (χ0v) is 20.8. The van der Waals surface area contributed by atoms with E-state index in [0.717, 1.165) is 26.6 Å². The van der Waals surface area contributed by atoms with E-state index in [1.807, 2.05) is 45.0 Å². The first kappa shape index (κ1) is 24.7. The highest BCUT2D eigenvalue weighted by atomic mass is 32.1. The molecule has 0 saturated carbocycles. The summed E-state index contributed by atoms with van der Waals surface area (Å²) in [6.07, 6.45) is -1.57. The zero-order valence-electron chi connectivity index (χ0n) is 20.0. The van der Waals surface area contributed by atoms with E-state index < -0.39 is 35.8 Å². The van der Waals surface area contributed by atoms with Crippen LogP contribution in [-0.4, -0.2) is 50.0 Å². The van der Waals surface area contributed by atoms with Crippen LogP contribution in [0.2, 0.25) is 0 Å². The zero-order chi connectivity index (χ0) is 25.3. The number of carbonyl (C=O) groups excluding carboxylic acids is 3. The highest BCUT2D eigenvalue weighted by Gasteiger charge is 2.48. The van der Waals surface area contributed by atoms with Crippen LogP contribution in [0.1, 0.15) is 48.9 Å². The van der Waals surface area contributed by atoms with Crippen LogP contribution in [0.5, 0.6) is 0 Å². The van der Waals surface area contributed by atoms with Crippen molar-refractivity contribution in [3.05, 3.63) is 58.6 Å². The van der Waals surface area contributed by atoms with Gasteiger partial charge >= 0.3 is 0 Å². The Kier molecular flexibility index (Phi) is 7.13. The first-order valence-corrected chi connectivity index (χ1v) is 12.3. The number of rotatable bonds is 7. The average molecular weight is 497 g/mol. The Bertz CT molecular complexity index is 1230. The average Bonchev–Trinajstić information content (AvgIpc) is 3.52. The normalized spacial score (nSPS) is 18.8. The van der Waals surface area contributed by atoms with Crippen molar-refractivity contribution in [2.75, 3.05) is 0 Å². The van der Waals surface area contributed by atoms with Gasteiger partial charge in [0.15, 0.2) is 0 Å². The Labute approximate surface area is 207 Å². The van der Waals surface area contributed by atoms with Gasteiger partial charge in [-0.3, -0.25) is 19.3 Å². The fraction of sp³-hybridized carbons (Fsp3) is 0.400. The standard InChI is InChI=1S/C25H28N4O5S/c1-13(2)21(20-9-14(3)28-34-20)25(33)29-18(10-19(30)24(29)32)23(31)26-11-16-5-7-17(8-6-16)22-15(4)27-12-35-22/h5-9,12-13,18-19,21,30H,10-11H2,1-4H3,(H,26,31)/t18-,19+,21+/m0/s1. The van der Waals surface area contributed by atoms with Crippen LogP contribution in [0.15, 0.2) is 40.4 Å². The minimum atomic E-state index is -1.42. The molecular formula is C25H28N4O5S. The lowest BCUT2D eigenvalue weighted by molar-refractivity contribution is -0.151. The summed E-state index contributed by atoms with van der Waals surface area (Å²) in [5.74, 6) is -2.55. The summed E-state index contributed by atoms with van der Waals surface area (Å²) in [7, 11) is 0. The number of hydrogen-bond acceptors (Lipinski definition) is 8. The lowest BCUT2D eigenvalue weighted by Crippen LogP contribution is -2.49. The van der Waals surface area contributed by atoms with Crippen LogP contribution >= 0.6 is 11.3 Å². The Morgan fingerprint density at radius 2 is 1.97 bits per heavy atom. The van der Waals surface area contributed by atoms with Gasteiger partial charge in [-0.1, -0.05) is 43.3 Å². The molecule has 0 unspecified atom stereocenters. The molecule has 9 nitrogen and oxygen atoms in total. The first-order valence-electron chi connectivity index (χ1n) is 11.4. The molecule has 0 spiro atoms. The molecule has 3 atom stereocenters. The van der Waals surface area contributed by atoms with Gasteiger partial charge in [0, 0.05) is 19.0 Å². The van der Waals surface area contributed by atoms with Crippen molar-refractivity contribution in [1.29, 1.82) is 0 Å². The quantitative estimate of drug-likeness (QED) is 0.515. The van der Waals surface area contributed by atoms with Crippen molar-refractivity contribution >= 4 is 29.1 Å². The Balaban J connectivity index is 1.47. The number of nitrogens with one attached hydrogen (secondary N) is 1. The maximum absolute atomic E-state index is 13.4. The predicted octanol–water partition coefficient (Wildman–Crippen LogP) is 2.96. The number of likely N-dealkylation sites (tertiary alicyclic amines) is 1. The van der Waals surface area contributed by atoms with Crippen LogP contribution in [0.25, 0.3) is 10.4 Å². The van der Waals surface area contributed by atoms with Crippen molar-refractivity contribution in [2.24, 2.45) is 5.92 Å². The number of aryl methyl sites for hydroxylation is 2. The summed E-state index contributed by atoms with van der Waals surface area (Å²) in [5, 5.41) is 16.8. The molecule has 1 saturated heterocycles. The van der Waals surface area contributed by atoms with Gasteiger partial charge in [-0.15, -0.1) is 11.3 Å². The molecule has 2 aromatic heterocycles. The molecule has 4 rings (SSSR count). The van der Waals surface area contributed by atoms with Gasteiger partial charge in [-0.05, 0) is 30.9 Å². The maximum atomic E-state index is 13.4. The smallest absolute Gasteiger partial charge is 0.258 e. The van der Waals surface area contributed by atoms with Crippen molar-refractivity contribution in [3.63, 3.8) is 0 Å². The second-order valence-corrected chi connectivity index (χ2v) is 9.94. The summed E-state index contributed by atoms with van der Waals surface area (Å²) >= 11 is 1.57. The molecule has 1 aliphatic heterocycles. The van der Waals surface area contributed by atoms with Gasteiger partial charge in [0.25, 0.3) is 5.91 Å². The van der Waals surface area contributed by atoms with Crippen molar-refractivity contribution in [2.45, 2.75) is 58.7 Å². The molecule has 10 heteroatoms. The maximum Gasteiger partial charge on any atom is 0.258 e. The lowest BCUT2D eigenvalue weighted by Gasteiger charge is -2.27. The van der Waals surface area contributed by atoms with E-state index in [1.54, 1.807) is 29.8 Å². The van der Waals surface area contributed by atoms with Gasteiger partial charge < -0.3 is 14.9 Å². The summed E-state index contributed by atoms with van der Waals surface area (Å²) in [4.78, 5) is 45.4. The number of aromatic nitrogens is 2. The fourth-order valence-electron chi connectivity index (χ4n) is 4.29.